The number of aromatic amines is 1. The first-order valence-electron chi connectivity index (χ1n) is 5.73. The van der Waals surface area contributed by atoms with Gasteiger partial charge in [0.05, 0.1) is 6.20 Å². The lowest BCUT2D eigenvalue weighted by molar-refractivity contribution is 0.130. The SMILES string of the molecule is CCCCOCCCNS(=O)(=O)c1cn[nH]c1. The van der Waals surface area contributed by atoms with E-state index in [1.807, 2.05) is 0 Å². The van der Waals surface area contributed by atoms with Crippen LogP contribution in [0.2, 0.25) is 0 Å². The summed E-state index contributed by atoms with van der Waals surface area (Å²) in [5.41, 5.74) is 0. The maximum Gasteiger partial charge on any atom is 0.243 e. The highest BCUT2D eigenvalue weighted by molar-refractivity contribution is 7.89. The second-order valence-corrected chi connectivity index (χ2v) is 5.42. The summed E-state index contributed by atoms with van der Waals surface area (Å²) >= 11 is 0. The zero-order chi connectivity index (χ0) is 12.6. The largest absolute Gasteiger partial charge is 0.381 e. The van der Waals surface area contributed by atoms with E-state index in [4.69, 9.17) is 4.74 Å². The highest BCUT2D eigenvalue weighted by Gasteiger charge is 2.13. The van der Waals surface area contributed by atoms with Gasteiger partial charge in [-0.3, -0.25) is 5.10 Å². The molecule has 0 aliphatic carbocycles. The molecule has 1 heterocycles. The highest BCUT2D eigenvalue weighted by Crippen LogP contribution is 2.03. The van der Waals surface area contributed by atoms with Crippen molar-refractivity contribution in [2.45, 2.75) is 31.1 Å². The topological polar surface area (TPSA) is 84.1 Å². The third-order valence-corrected chi connectivity index (χ3v) is 3.61. The maximum absolute atomic E-state index is 11.6. The Balaban J connectivity index is 2.14. The molecule has 7 heteroatoms. The lowest BCUT2D eigenvalue weighted by Crippen LogP contribution is -2.25. The molecule has 6 nitrogen and oxygen atoms in total. The van der Waals surface area contributed by atoms with Gasteiger partial charge in [0.2, 0.25) is 10.0 Å². The average Bonchev–Trinajstić information content (AvgIpc) is 2.82. The monoisotopic (exact) mass is 261 g/mol. The maximum atomic E-state index is 11.6. The fourth-order valence-corrected chi connectivity index (χ4v) is 2.18. The third kappa shape index (κ3) is 5.29. The minimum Gasteiger partial charge on any atom is -0.381 e. The summed E-state index contributed by atoms with van der Waals surface area (Å²) in [4.78, 5) is 0.157. The summed E-state index contributed by atoms with van der Waals surface area (Å²) in [6.07, 6.45) is 5.44. The molecule has 1 aromatic rings. The van der Waals surface area contributed by atoms with Gasteiger partial charge in [-0.15, -0.1) is 0 Å². The summed E-state index contributed by atoms with van der Waals surface area (Å²) < 4.78 is 31.0. The van der Waals surface area contributed by atoms with Gasteiger partial charge < -0.3 is 4.74 Å². The number of rotatable bonds is 9. The van der Waals surface area contributed by atoms with Crippen molar-refractivity contribution >= 4 is 10.0 Å². The molecule has 0 amide bonds. The third-order valence-electron chi connectivity index (χ3n) is 2.18. The van der Waals surface area contributed by atoms with Gasteiger partial charge in [0.15, 0.2) is 0 Å². The molecule has 0 fully saturated rings. The molecule has 1 aromatic heterocycles. The van der Waals surface area contributed by atoms with Gasteiger partial charge in [-0.2, -0.15) is 5.10 Å². The molecule has 1 rings (SSSR count). The van der Waals surface area contributed by atoms with E-state index in [-0.39, 0.29) is 4.90 Å². The van der Waals surface area contributed by atoms with E-state index in [0.717, 1.165) is 19.4 Å². The van der Waals surface area contributed by atoms with Crippen LogP contribution < -0.4 is 4.72 Å². The van der Waals surface area contributed by atoms with Crippen LogP contribution in [0.5, 0.6) is 0 Å². The molecule has 0 aliphatic rings. The zero-order valence-electron chi connectivity index (χ0n) is 9.98. The van der Waals surface area contributed by atoms with Gasteiger partial charge in [-0.1, -0.05) is 13.3 Å². The number of aromatic nitrogens is 2. The molecular weight excluding hydrogens is 242 g/mol. The van der Waals surface area contributed by atoms with Crippen LogP contribution in [0.15, 0.2) is 17.3 Å². The van der Waals surface area contributed by atoms with Crippen LogP contribution in [0.3, 0.4) is 0 Å². The summed E-state index contributed by atoms with van der Waals surface area (Å²) in [6.45, 7) is 3.79. The molecule has 0 spiro atoms. The van der Waals surface area contributed by atoms with Crippen LogP contribution in [0.25, 0.3) is 0 Å². The lowest BCUT2D eigenvalue weighted by Gasteiger charge is -2.05. The Kier molecular flexibility index (Phi) is 6.17. The zero-order valence-corrected chi connectivity index (χ0v) is 10.8. The van der Waals surface area contributed by atoms with Gasteiger partial charge in [0.1, 0.15) is 4.90 Å². The predicted octanol–water partition coefficient (Wildman–Crippen LogP) is 0.895. The number of sulfonamides is 1. The minimum absolute atomic E-state index is 0.157. The molecule has 98 valence electrons. The van der Waals surface area contributed by atoms with Crippen LogP contribution in [0.4, 0.5) is 0 Å². The van der Waals surface area contributed by atoms with Crippen LogP contribution in [-0.2, 0) is 14.8 Å². The van der Waals surface area contributed by atoms with Gasteiger partial charge in [0.25, 0.3) is 0 Å². The van der Waals surface area contributed by atoms with Crippen molar-refractivity contribution in [1.29, 1.82) is 0 Å². The Hall–Kier alpha value is -0.920. The highest BCUT2D eigenvalue weighted by atomic mass is 32.2. The number of hydrogen-bond donors (Lipinski definition) is 2. The Morgan fingerprint density at radius 1 is 1.41 bits per heavy atom. The van der Waals surface area contributed by atoms with Gasteiger partial charge >= 0.3 is 0 Å². The van der Waals surface area contributed by atoms with Crippen LogP contribution in [-0.4, -0.2) is 38.4 Å². The second-order valence-electron chi connectivity index (χ2n) is 3.65. The van der Waals surface area contributed by atoms with Crippen LogP contribution >= 0.6 is 0 Å². The number of H-pyrrole nitrogens is 1. The minimum atomic E-state index is -3.41. The van der Waals surface area contributed by atoms with E-state index in [1.54, 1.807) is 0 Å². The average molecular weight is 261 g/mol. The Labute approximate surface area is 102 Å². The number of nitrogens with zero attached hydrogens (tertiary/aromatic N) is 1. The molecule has 17 heavy (non-hydrogen) atoms. The van der Waals surface area contributed by atoms with E-state index in [2.05, 4.69) is 21.8 Å². The Bertz CT molecular complexity index is 389. The molecule has 0 unspecified atom stereocenters. The molecule has 0 atom stereocenters. The summed E-state index contributed by atoms with van der Waals surface area (Å²) in [5, 5.41) is 6.06. The fourth-order valence-electron chi connectivity index (χ4n) is 1.20. The number of hydrogen-bond acceptors (Lipinski definition) is 4. The number of ether oxygens (including phenoxy) is 1. The quantitative estimate of drug-likeness (QED) is 0.647. The molecule has 0 bridgehead atoms. The van der Waals surface area contributed by atoms with Crippen molar-refractivity contribution < 1.29 is 13.2 Å². The standard InChI is InChI=1S/C10H19N3O3S/c1-2-3-6-16-7-4-5-13-17(14,15)10-8-11-12-9-10/h8-9,13H,2-7H2,1H3,(H,11,12). The number of nitrogens with one attached hydrogen (secondary N) is 2. The van der Waals surface area contributed by atoms with E-state index < -0.39 is 10.0 Å². The van der Waals surface area contributed by atoms with E-state index in [1.165, 1.54) is 12.4 Å². The second kappa shape index (κ2) is 7.41. The predicted molar refractivity (Wildman–Crippen MR) is 64.1 cm³/mol. The molecule has 0 saturated heterocycles. The van der Waals surface area contributed by atoms with Crippen molar-refractivity contribution in [3.8, 4) is 0 Å². The van der Waals surface area contributed by atoms with Gasteiger partial charge in [-0.05, 0) is 12.8 Å². The normalized spacial score (nSPS) is 11.8. The van der Waals surface area contributed by atoms with Gasteiger partial charge in [-0.25, -0.2) is 13.1 Å². The van der Waals surface area contributed by atoms with Gasteiger partial charge in [0, 0.05) is 26.0 Å². The summed E-state index contributed by atoms with van der Waals surface area (Å²) in [5.74, 6) is 0. The first-order valence-corrected chi connectivity index (χ1v) is 7.21. The first kappa shape index (κ1) is 14.1. The number of unbranched alkanes of at least 4 members (excludes halogenated alkanes) is 1. The van der Waals surface area contributed by atoms with Crippen LogP contribution in [0.1, 0.15) is 26.2 Å². The molecule has 0 aliphatic heterocycles. The van der Waals surface area contributed by atoms with E-state index >= 15 is 0 Å². The van der Waals surface area contributed by atoms with Crippen molar-refractivity contribution in [2.75, 3.05) is 19.8 Å². The van der Waals surface area contributed by atoms with Crippen molar-refractivity contribution in [3.05, 3.63) is 12.4 Å². The van der Waals surface area contributed by atoms with Crippen molar-refractivity contribution in [2.24, 2.45) is 0 Å². The molecule has 0 radical (unpaired) electrons. The van der Waals surface area contributed by atoms with E-state index in [0.29, 0.717) is 19.6 Å². The smallest absolute Gasteiger partial charge is 0.243 e. The van der Waals surface area contributed by atoms with Crippen molar-refractivity contribution in [1.82, 2.24) is 14.9 Å². The summed E-state index contributed by atoms with van der Waals surface area (Å²) in [7, 11) is -3.41. The van der Waals surface area contributed by atoms with E-state index in [9.17, 15) is 8.42 Å². The van der Waals surface area contributed by atoms with Crippen molar-refractivity contribution in [3.63, 3.8) is 0 Å². The molecule has 2 N–H and O–H groups in total. The molecule has 0 aromatic carbocycles. The lowest BCUT2D eigenvalue weighted by atomic mass is 10.4. The first-order chi connectivity index (χ1) is 8.17. The van der Waals surface area contributed by atoms with Crippen LogP contribution in [0, 0.1) is 0 Å². The Morgan fingerprint density at radius 2 is 2.18 bits per heavy atom. The summed E-state index contributed by atoms with van der Waals surface area (Å²) in [6, 6.07) is 0. The molecule has 0 saturated carbocycles. The molecular formula is C10H19N3O3S. The fraction of sp³-hybridized carbons (Fsp3) is 0.700. The Morgan fingerprint density at radius 3 is 2.82 bits per heavy atom.